The van der Waals surface area contributed by atoms with Gasteiger partial charge in [-0.15, -0.1) is 0 Å². The van der Waals surface area contributed by atoms with Gasteiger partial charge in [-0.05, 0) is 17.7 Å². The summed E-state index contributed by atoms with van der Waals surface area (Å²) in [6.07, 6.45) is -0.105. The number of hydrogen-bond donors (Lipinski definition) is 3. The molecule has 2 amide bonds. The van der Waals surface area contributed by atoms with E-state index in [0.717, 1.165) is 10.0 Å². The number of hydrogen-bond acceptors (Lipinski definition) is 2. The number of carboxylic acid groups (broad SMARTS) is 1. The molecule has 0 aromatic heterocycles. The van der Waals surface area contributed by atoms with Crippen LogP contribution in [0.1, 0.15) is 12.0 Å². The van der Waals surface area contributed by atoms with E-state index >= 15 is 0 Å². The number of amides is 2. The third-order valence-corrected chi connectivity index (χ3v) is 2.92. The standard InChI is InChI=1S/C11H12BrClN2O3/c12-8-2-1-7(9(13)5-8)6-15-11(18)14-4-3-10(16)17/h1-2,5H,3-4,6H2,(H,16,17)(H2,14,15,18). The first-order valence-corrected chi connectivity index (χ1v) is 6.33. The zero-order valence-corrected chi connectivity index (χ0v) is 11.7. The summed E-state index contributed by atoms with van der Waals surface area (Å²) in [5.41, 5.74) is 0.785. The highest BCUT2D eigenvalue weighted by Gasteiger charge is 2.04. The molecule has 5 nitrogen and oxygen atoms in total. The Morgan fingerprint density at radius 3 is 2.67 bits per heavy atom. The van der Waals surface area contributed by atoms with Gasteiger partial charge in [0.2, 0.25) is 0 Å². The van der Waals surface area contributed by atoms with E-state index in [-0.39, 0.29) is 19.5 Å². The van der Waals surface area contributed by atoms with Crippen molar-refractivity contribution in [3.05, 3.63) is 33.3 Å². The van der Waals surface area contributed by atoms with Crippen molar-refractivity contribution in [2.75, 3.05) is 6.54 Å². The van der Waals surface area contributed by atoms with E-state index in [4.69, 9.17) is 16.7 Å². The Bertz CT molecular complexity index is 454. The second-order valence-electron chi connectivity index (χ2n) is 3.49. The van der Waals surface area contributed by atoms with Gasteiger partial charge in [0.25, 0.3) is 0 Å². The van der Waals surface area contributed by atoms with Crippen LogP contribution < -0.4 is 10.6 Å². The monoisotopic (exact) mass is 334 g/mol. The Balaban J connectivity index is 2.36. The lowest BCUT2D eigenvalue weighted by Gasteiger charge is -2.08. The van der Waals surface area contributed by atoms with Crippen LogP contribution in [0, 0.1) is 0 Å². The fourth-order valence-electron chi connectivity index (χ4n) is 1.19. The van der Waals surface area contributed by atoms with Gasteiger partial charge in [0.15, 0.2) is 0 Å². The number of aliphatic carboxylic acids is 1. The first kappa shape index (κ1) is 14.8. The zero-order valence-electron chi connectivity index (χ0n) is 9.37. The Morgan fingerprint density at radius 1 is 1.33 bits per heavy atom. The van der Waals surface area contributed by atoms with E-state index in [0.29, 0.717) is 5.02 Å². The molecule has 0 aliphatic heterocycles. The molecule has 0 radical (unpaired) electrons. The number of rotatable bonds is 5. The smallest absolute Gasteiger partial charge is 0.315 e. The first-order chi connectivity index (χ1) is 8.49. The van der Waals surface area contributed by atoms with Crippen molar-refractivity contribution in [3.8, 4) is 0 Å². The van der Waals surface area contributed by atoms with Gasteiger partial charge < -0.3 is 15.7 Å². The molecule has 0 spiro atoms. The van der Waals surface area contributed by atoms with Crippen molar-refractivity contribution in [3.63, 3.8) is 0 Å². The summed E-state index contributed by atoms with van der Waals surface area (Å²) in [6.45, 7) is 0.375. The number of nitrogens with one attached hydrogen (secondary N) is 2. The third-order valence-electron chi connectivity index (χ3n) is 2.08. The number of carbonyl (C=O) groups is 2. The first-order valence-electron chi connectivity index (χ1n) is 5.16. The van der Waals surface area contributed by atoms with Crippen LogP contribution in [0.5, 0.6) is 0 Å². The van der Waals surface area contributed by atoms with Gasteiger partial charge in [0, 0.05) is 22.6 Å². The molecule has 1 rings (SSSR count). The fraction of sp³-hybridized carbons (Fsp3) is 0.273. The van der Waals surface area contributed by atoms with E-state index in [1.54, 1.807) is 12.1 Å². The maximum Gasteiger partial charge on any atom is 0.315 e. The lowest BCUT2D eigenvalue weighted by molar-refractivity contribution is -0.136. The Kier molecular flexibility index (Phi) is 5.94. The molecular weight excluding hydrogens is 323 g/mol. The van der Waals surface area contributed by atoms with Crippen LogP contribution in [0.4, 0.5) is 4.79 Å². The van der Waals surface area contributed by atoms with Gasteiger partial charge in [-0.1, -0.05) is 33.6 Å². The fourth-order valence-corrected chi connectivity index (χ4v) is 1.93. The van der Waals surface area contributed by atoms with E-state index in [9.17, 15) is 9.59 Å². The van der Waals surface area contributed by atoms with Crippen LogP contribution in [0.15, 0.2) is 22.7 Å². The molecule has 0 aliphatic rings. The maximum atomic E-state index is 11.3. The summed E-state index contributed by atoms with van der Waals surface area (Å²) in [4.78, 5) is 21.6. The lowest BCUT2D eigenvalue weighted by Crippen LogP contribution is -2.36. The molecule has 0 unspecified atom stereocenters. The number of carbonyl (C=O) groups excluding carboxylic acids is 1. The van der Waals surface area contributed by atoms with Crippen LogP contribution >= 0.6 is 27.5 Å². The SMILES string of the molecule is O=C(O)CCNC(=O)NCc1ccc(Br)cc1Cl. The number of benzene rings is 1. The Morgan fingerprint density at radius 2 is 2.06 bits per heavy atom. The van der Waals surface area contributed by atoms with Gasteiger partial charge in [-0.2, -0.15) is 0 Å². The minimum atomic E-state index is -0.953. The van der Waals surface area contributed by atoms with Gasteiger partial charge in [0.1, 0.15) is 0 Å². The van der Waals surface area contributed by atoms with Crippen LogP contribution in [0.2, 0.25) is 5.02 Å². The molecule has 18 heavy (non-hydrogen) atoms. The Labute approximate surface area is 118 Å². The summed E-state index contributed by atoms with van der Waals surface area (Å²) in [5.74, 6) is -0.953. The molecule has 0 heterocycles. The molecule has 0 fully saturated rings. The molecule has 0 aliphatic carbocycles. The van der Waals surface area contributed by atoms with Crippen molar-refractivity contribution >= 4 is 39.5 Å². The second kappa shape index (κ2) is 7.23. The largest absolute Gasteiger partial charge is 0.481 e. The molecule has 1 aromatic rings. The highest BCUT2D eigenvalue weighted by molar-refractivity contribution is 9.10. The molecular formula is C11H12BrClN2O3. The van der Waals surface area contributed by atoms with E-state index in [2.05, 4.69) is 26.6 Å². The average Bonchev–Trinajstić information content (AvgIpc) is 2.27. The van der Waals surface area contributed by atoms with Crippen molar-refractivity contribution in [2.45, 2.75) is 13.0 Å². The van der Waals surface area contributed by atoms with Crippen LogP contribution in [0.3, 0.4) is 0 Å². The second-order valence-corrected chi connectivity index (χ2v) is 4.81. The van der Waals surface area contributed by atoms with E-state index in [1.807, 2.05) is 6.07 Å². The number of carboxylic acids is 1. The number of halogens is 2. The van der Waals surface area contributed by atoms with Gasteiger partial charge >= 0.3 is 12.0 Å². The Hall–Kier alpha value is -1.27. The normalized spacial score (nSPS) is 9.89. The molecule has 7 heteroatoms. The van der Waals surface area contributed by atoms with Crippen LogP contribution in [-0.2, 0) is 11.3 Å². The summed E-state index contributed by atoms with van der Waals surface area (Å²) < 4.78 is 0.863. The minimum Gasteiger partial charge on any atom is -0.481 e. The van der Waals surface area contributed by atoms with Gasteiger partial charge in [-0.3, -0.25) is 4.79 Å². The van der Waals surface area contributed by atoms with E-state index < -0.39 is 12.0 Å². The quantitative estimate of drug-likeness (QED) is 0.773. The molecule has 3 N–H and O–H groups in total. The molecule has 0 bridgehead atoms. The van der Waals surface area contributed by atoms with Crippen molar-refractivity contribution in [2.24, 2.45) is 0 Å². The highest BCUT2D eigenvalue weighted by atomic mass is 79.9. The molecule has 98 valence electrons. The van der Waals surface area contributed by atoms with E-state index in [1.165, 1.54) is 0 Å². The summed E-state index contributed by atoms with van der Waals surface area (Å²) in [6, 6.07) is 4.94. The van der Waals surface area contributed by atoms with Gasteiger partial charge in [-0.25, -0.2) is 4.79 Å². The van der Waals surface area contributed by atoms with Crippen molar-refractivity contribution in [1.29, 1.82) is 0 Å². The number of urea groups is 1. The predicted octanol–water partition coefficient (Wildman–Crippen LogP) is 2.38. The molecule has 1 aromatic carbocycles. The zero-order chi connectivity index (χ0) is 13.5. The minimum absolute atomic E-state index is 0.0925. The van der Waals surface area contributed by atoms with Gasteiger partial charge in [0.05, 0.1) is 6.42 Å². The summed E-state index contributed by atoms with van der Waals surface area (Å²) >= 11 is 9.26. The summed E-state index contributed by atoms with van der Waals surface area (Å²) in [5, 5.41) is 14.0. The molecule has 0 saturated carbocycles. The molecule has 0 saturated heterocycles. The average molecular weight is 336 g/mol. The predicted molar refractivity (Wildman–Crippen MR) is 71.6 cm³/mol. The van der Waals surface area contributed by atoms with Crippen LogP contribution in [-0.4, -0.2) is 23.7 Å². The topological polar surface area (TPSA) is 78.4 Å². The lowest BCUT2D eigenvalue weighted by atomic mass is 10.2. The van der Waals surface area contributed by atoms with Crippen molar-refractivity contribution < 1.29 is 14.7 Å². The van der Waals surface area contributed by atoms with Crippen molar-refractivity contribution in [1.82, 2.24) is 10.6 Å². The molecule has 0 atom stereocenters. The third kappa shape index (κ3) is 5.37. The summed E-state index contributed by atoms with van der Waals surface area (Å²) in [7, 11) is 0. The highest BCUT2D eigenvalue weighted by Crippen LogP contribution is 2.20. The van der Waals surface area contributed by atoms with Crippen LogP contribution in [0.25, 0.3) is 0 Å². The maximum absolute atomic E-state index is 11.3.